The summed E-state index contributed by atoms with van der Waals surface area (Å²) in [5.74, 6) is -3.68. The summed E-state index contributed by atoms with van der Waals surface area (Å²) in [6.07, 6.45) is 2.91. The molecule has 2 aliphatic rings. The lowest BCUT2D eigenvalue weighted by Crippen LogP contribution is -2.68. The molecule has 0 spiro atoms. The average Bonchev–Trinajstić information content (AvgIpc) is 3.36. The second-order valence-corrected chi connectivity index (χ2v) is 10.5. The van der Waals surface area contributed by atoms with Gasteiger partial charge in [0.1, 0.15) is 11.4 Å². The van der Waals surface area contributed by atoms with Gasteiger partial charge < -0.3 is 25.4 Å². The SMILES string of the molecule is Cc1ccc(Nc2c(C(=O)N3CC(O)(CNC4CCCC4OCc4ccccc4)C3)ccc(F)c2F)c(F)c1. The molecular weight excluding hydrogens is 507 g/mol. The van der Waals surface area contributed by atoms with Gasteiger partial charge in [-0.15, -0.1) is 0 Å². The van der Waals surface area contributed by atoms with Crippen LogP contribution in [-0.4, -0.2) is 53.3 Å². The number of aliphatic hydroxyl groups is 1. The third kappa shape index (κ3) is 6.11. The fourth-order valence-corrected chi connectivity index (χ4v) is 5.25. The third-order valence-electron chi connectivity index (χ3n) is 7.42. The molecule has 2 atom stereocenters. The van der Waals surface area contributed by atoms with E-state index < -0.39 is 34.6 Å². The van der Waals surface area contributed by atoms with E-state index in [-0.39, 0.29) is 43.0 Å². The van der Waals surface area contributed by atoms with Gasteiger partial charge in [-0.2, -0.15) is 0 Å². The lowest BCUT2D eigenvalue weighted by Gasteiger charge is -2.47. The van der Waals surface area contributed by atoms with E-state index in [1.54, 1.807) is 13.0 Å². The number of ether oxygens (including phenoxy) is 1. The summed E-state index contributed by atoms with van der Waals surface area (Å²) in [5.41, 5.74) is -0.0589. The van der Waals surface area contributed by atoms with Gasteiger partial charge in [0, 0.05) is 12.6 Å². The zero-order chi connectivity index (χ0) is 27.6. The number of nitrogens with one attached hydrogen (secondary N) is 2. The molecule has 1 saturated heterocycles. The Morgan fingerprint density at radius 2 is 1.82 bits per heavy atom. The smallest absolute Gasteiger partial charge is 0.256 e. The number of benzene rings is 3. The summed E-state index contributed by atoms with van der Waals surface area (Å²) in [6, 6.07) is 16.3. The van der Waals surface area contributed by atoms with Gasteiger partial charge in [-0.1, -0.05) is 36.4 Å². The summed E-state index contributed by atoms with van der Waals surface area (Å²) >= 11 is 0. The molecule has 2 unspecified atom stereocenters. The minimum atomic E-state index is -1.28. The van der Waals surface area contributed by atoms with Crippen LogP contribution in [0.15, 0.2) is 60.7 Å². The zero-order valence-corrected chi connectivity index (χ0v) is 21.7. The maximum atomic E-state index is 14.8. The predicted octanol–water partition coefficient (Wildman–Crippen LogP) is 5.07. The molecule has 3 aromatic carbocycles. The number of anilines is 2. The molecule has 1 aliphatic heterocycles. The molecule has 0 aromatic heterocycles. The summed E-state index contributed by atoms with van der Waals surface area (Å²) in [4.78, 5) is 14.6. The molecule has 3 N–H and O–H groups in total. The number of carbonyl (C=O) groups is 1. The fourth-order valence-electron chi connectivity index (χ4n) is 5.25. The van der Waals surface area contributed by atoms with Crippen LogP contribution in [0.5, 0.6) is 0 Å². The van der Waals surface area contributed by atoms with Crippen molar-refractivity contribution >= 4 is 17.3 Å². The quantitative estimate of drug-likeness (QED) is 0.354. The van der Waals surface area contributed by atoms with Crippen molar-refractivity contribution in [2.45, 2.75) is 50.5 Å². The topological polar surface area (TPSA) is 73.8 Å². The van der Waals surface area contributed by atoms with E-state index in [9.17, 15) is 23.1 Å². The van der Waals surface area contributed by atoms with Crippen LogP contribution in [0.25, 0.3) is 0 Å². The number of amides is 1. The largest absolute Gasteiger partial charge is 0.385 e. The van der Waals surface area contributed by atoms with Gasteiger partial charge in [0.2, 0.25) is 0 Å². The molecule has 39 heavy (non-hydrogen) atoms. The number of nitrogens with zero attached hydrogens (tertiary/aromatic N) is 1. The molecule has 206 valence electrons. The third-order valence-corrected chi connectivity index (χ3v) is 7.42. The Morgan fingerprint density at radius 1 is 1.05 bits per heavy atom. The minimum absolute atomic E-state index is 0.0262. The molecule has 9 heteroatoms. The molecule has 3 aromatic rings. The number of carbonyl (C=O) groups excluding carboxylic acids is 1. The Kier molecular flexibility index (Phi) is 7.93. The lowest BCUT2D eigenvalue weighted by molar-refractivity contribution is -0.0824. The molecule has 1 aliphatic carbocycles. The first-order valence-corrected chi connectivity index (χ1v) is 13.1. The first-order chi connectivity index (χ1) is 18.7. The van der Waals surface area contributed by atoms with Crippen molar-refractivity contribution in [3.8, 4) is 0 Å². The van der Waals surface area contributed by atoms with Crippen molar-refractivity contribution in [1.82, 2.24) is 10.2 Å². The Balaban J connectivity index is 1.19. The highest BCUT2D eigenvalue weighted by Gasteiger charge is 2.45. The van der Waals surface area contributed by atoms with E-state index in [1.807, 2.05) is 30.3 Å². The van der Waals surface area contributed by atoms with Gasteiger partial charge in [-0.25, -0.2) is 13.2 Å². The van der Waals surface area contributed by atoms with Gasteiger partial charge in [0.05, 0.1) is 42.7 Å². The fraction of sp³-hybridized carbons (Fsp3) is 0.367. The van der Waals surface area contributed by atoms with E-state index in [2.05, 4.69) is 10.6 Å². The summed E-state index contributed by atoms with van der Waals surface area (Å²) in [6.45, 7) is 2.54. The van der Waals surface area contributed by atoms with Crippen molar-refractivity contribution in [2.75, 3.05) is 25.0 Å². The highest BCUT2D eigenvalue weighted by atomic mass is 19.2. The molecule has 1 saturated carbocycles. The first-order valence-electron chi connectivity index (χ1n) is 13.1. The maximum absolute atomic E-state index is 14.8. The number of β-amino-alcohol motifs (C(OH)–C–C–N with tert-alkyl or cyclic N) is 1. The number of hydrogen-bond acceptors (Lipinski definition) is 5. The highest BCUT2D eigenvalue weighted by molar-refractivity contribution is 6.01. The Hall–Kier alpha value is -3.40. The van der Waals surface area contributed by atoms with E-state index in [1.165, 1.54) is 17.0 Å². The molecule has 0 radical (unpaired) electrons. The number of rotatable bonds is 9. The minimum Gasteiger partial charge on any atom is -0.385 e. The number of halogens is 3. The van der Waals surface area contributed by atoms with E-state index in [4.69, 9.17) is 4.74 Å². The van der Waals surface area contributed by atoms with Gasteiger partial charge in [-0.3, -0.25) is 4.79 Å². The second kappa shape index (κ2) is 11.4. The van der Waals surface area contributed by atoms with Crippen LogP contribution in [0.4, 0.5) is 24.5 Å². The van der Waals surface area contributed by atoms with Crippen molar-refractivity contribution in [3.63, 3.8) is 0 Å². The molecule has 5 rings (SSSR count). The summed E-state index contributed by atoms with van der Waals surface area (Å²) in [7, 11) is 0. The van der Waals surface area contributed by atoms with E-state index >= 15 is 0 Å². The van der Waals surface area contributed by atoms with Gasteiger partial charge in [0.15, 0.2) is 11.6 Å². The Labute approximate surface area is 225 Å². The van der Waals surface area contributed by atoms with Crippen molar-refractivity contribution < 1.29 is 27.8 Å². The Morgan fingerprint density at radius 3 is 2.56 bits per heavy atom. The highest BCUT2D eigenvalue weighted by Crippen LogP contribution is 2.32. The van der Waals surface area contributed by atoms with Crippen molar-refractivity contribution in [3.05, 3.63) is 94.8 Å². The van der Waals surface area contributed by atoms with E-state index in [0.29, 0.717) is 12.2 Å². The van der Waals surface area contributed by atoms with Gasteiger partial charge >= 0.3 is 0 Å². The van der Waals surface area contributed by atoms with Crippen molar-refractivity contribution in [2.24, 2.45) is 0 Å². The normalized spacial score (nSPS) is 20.1. The first kappa shape index (κ1) is 27.2. The van der Waals surface area contributed by atoms with Crippen LogP contribution in [0.2, 0.25) is 0 Å². The van der Waals surface area contributed by atoms with Crippen LogP contribution < -0.4 is 10.6 Å². The lowest BCUT2D eigenvalue weighted by atomic mass is 9.92. The summed E-state index contributed by atoms with van der Waals surface area (Å²) < 4.78 is 49.3. The van der Waals surface area contributed by atoms with Gasteiger partial charge in [-0.05, 0) is 61.6 Å². The molecule has 1 heterocycles. The molecule has 2 fully saturated rings. The van der Waals surface area contributed by atoms with Crippen LogP contribution >= 0.6 is 0 Å². The number of aryl methyl sites for hydroxylation is 1. The maximum Gasteiger partial charge on any atom is 0.256 e. The van der Waals surface area contributed by atoms with Crippen molar-refractivity contribution in [1.29, 1.82) is 0 Å². The van der Waals surface area contributed by atoms with E-state index in [0.717, 1.165) is 37.0 Å². The Bertz CT molecular complexity index is 1330. The standard InChI is InChI=1S/C30H32F3N3O3/c1-19-10-13-24(23(32)14-19)35-28-21(11-12-22(31)27(28)33)29(37)36-17-30(38,18-36)16-34-25-8-5-9-26(25)39-15-20-6-3-2-4-7-20/h2-4,6-7,10-14,25-26,34-35,38H,5,8-9,15-18H2,1H3. The van der Waals surface area contributed by atoms with Crippen LogP contribution in [0, 0.1) is 24.4 Å². The van der Waals surface area contributed by atoms with Crippen LogP contribution in [0.3, 0.4) is 0 Å². The van der Waals surface area contributed by atoms with Crippen LogP contribution in [0.1, 0.15) is 40.7 Å². The molecule has 1 amide bonds. The second-order valence-electron chi connectivity index (χ2n) is 10.5. The average molecular weight is 540 g/mol. The predicted molar refractivity (Wildman–Crippen MR) is 142 cm³/mol. The van der Waals surface area contributed by atoms with Gasteiger partial charge in [0.25, 0.3) is 5.91 Å². The number of hydrogen-bond donors (Lipinski definition) is 3. The molecular formula is C30H32F3N3O3. The molecule has 0 bridgehead atoms. The van der Waals surface area contributed by atoms with Crippen LogP contribution in [-0.2, 0) is 11.3 Å². The summed E-state index contributed by atoms with van der Waals surface area (Å²) in [5, 5.41) is 17.0. The monoisotopic (exact) mass is 539 g/mol. The number of likely N-dealkylation sites (tertiary alicyclic amines) is 1. The molecule has 6 nitrogen and oxygen atoms in total. The zero-order valence-electron chi connectivity index (χ0n) is 21.7.